The van der Waals surface area contributed by atoms with Gasteiger partial charge in [0.05, 0.1) is 12.2 Å². The first-order chi connectivity index (χ1) is 11.6. The van der Waals surface area contributed by atoms with E-state index in [4.69, 9.17) is 9.63 Å². The number of carboxylic acid groups (broad SMARTS) is 1. The van der Waals surface area contributed by atoms with Gasteiger partial charge in [-0.15, -0.1) is 5.10 Å². The van der Waals surface area contributed by atoms with Crippen molar-refractivity contribution >= 4 is 11.9 Å². The van der Waals surface area contributed by atoms with Crippen molar-refractivity contribution in [3.05, 3.63) is 29.4 Å². The third-order valence-corrected chi connectivity index (χ3v) is 4.51. The van der Waals surface area contributed by atoms with Crippen LogP contribution in [0.2, 0.25) is 0 Å². The summed E-state index contributed by atoms with van der Waals surface area (Å²) in [6.45, 7) is 1.09. The highest BCUT2D eigenvalue weighted by Gasteiger charge is 2.32. The molecule has 1 atom stereocenters. The lowest BCUT2D eigenvalue weighted by atomic mass is 10.1. The maximum absolute atomic E-state index is 12.6. The smallest absolute Gasteiger partial charge is 0.358 e. The Morgan fingerprint density at radius 3 is 2.79 bits per heavy atom. The summed E-state index contributed by atoms with van der Waals surface area (Å²) in [4.78, 5) is 25.2. The SMILES string of the molecule is O=C(O)c1cn(C2CCCN(C(=O)c3cc(C4CC4)on3)C2)nn1. The summed E-state index contributed by atoms with van der Waals surface area (Å²) in [6, 6.07) is 1.65. The molecule has 2 aliphatic rings. The molecular weight excluding hydrogens is 314 g/mol. The van der Waals surface area contributed by atoms with Gasteiger partial charge in [-0.3, -0.25) is 4.79 Å². The van der Waals surface area contributed by atoms with Gasteiger partial charge in [0.15, 0.2) is 11.4 Å². The van der Waals surface area contributed by atoms with Gasteiger partial charge in [-0.05, 0) is 25.7 Å². The van der Waals surface area contributed by atoms with Crippen LogP contribution in [0.15, 0.2) is 16.8 Å². The van der Waals surface area contributed by atoms with E-state index in [1.54, 1.807) is 11.0 Å². The van der Waals surface area contributed by atoms with Gasteiger partial charge < -0.3 is 14.5 Å². The Labute approximate surface area is 137 Å². The molecule has 1 aliphatic carbocycles. The van der Waals surface area contributed by atoms with Gasteiger partial charge in [0.1, 0.15) is 5.76 Å². The van der Waals surface area contributed by atoms with Gasteiger partial charge in [-0.2, -0.15) is 0 Å². The molecule has 0 radical (unpaired) electrons. The van der Waals surface area contributed by atoms with Crippen molar-refractivity contribution in [2.45, 2.75) is 37.6 Å². The molecule has 1 unspecified atom stereocenters. The summed E-state index contributed by atoms with van der Waals surface area (Å²) in [7, 11) is 0. The minimum absolute atomic E-state index is 0.0851. The summed E-state index contributed by atoms with van der Waals surface area (Å²) < 4.78 is 6.78. The molecular formula is C15H17N5O4. The van der Waals surface area contributed by atoms with Crippen molar-refractivity contribution in [3.8, 4) is 0 Å². The van der Waals surface area contributed by atoms with Crippen molar-refractivity contribution in [1.82, 2.24) is 25.1 Å². The molecule has 24 heavy (non-hydrogen) atoms. The Morgan fingerprint density at radius 1 is 1.25 bits per heavy atom. The highest BCUT2D eigenvalue weighted by atomic mass is 16.5. The highest BCUT2D eigenvalue weighted by Crippen LogP contribution is 2.40. The maximum Gasteiger partial charge on any atom is 0.358 e. The van der Waals surface area contributed by atoms with Crippen molar-refractivity contribution < 1.29 is 19.2 Å². The van der Waals surface area contributed by atoms with Gasteiger partial charge >= 0.3 is 5.97 Å². The number of likely N-dealkylation sites (tertiary alicyclic amines) is 1. The van der Waals surface area contributed by atoms with Gasteiger partial charge in [-0.25, -0.2) is 9.48 Å². The summed E-state index contributed by atoms with van der Waals surface area (Å²) in [5.74, 6) is -0.0684. The molecule has 1 N–H and O–H groups in total. The molecule has 9 heteroatoms. The maximum atomic E-state index is 12.6. The van der Waals surface area contributed by atoms with E-state index >= 15 is 0 Å². The first-order valence-corrected chi connectivity index (χ1v) is 8.03. The third-order valence-electron chi connectivity index (χ3n) is 4.51. The van der Waals surface area contributed by atoms with Crippen LogP contribution in [0.25, 0.3) is 0 Å². The largest absolute Gasteiger partial charge is 0.476 e. The molecule has 3 heterocycles. The first kappa shape index (κ1) is 14.9. The minimum atomic E-state index is -1.11. The standard InChI is InChI=1S/C15H17N5O4/c21-14(11-6-13(24-17-11)9-3-4-9)19-5-1-2-10(7-19)20-8-12(15(22)23)16-18-20/h6,8-10H,1-5,7H2,(H,22,23). The first-order valence-electron chi connectivity index (χ1n) is 8.03. The Hall–Kier alpha value is -2.71. The topological polar surface area (TPSA) is 114 Å². The van der Waals surface area contributed by atoms with Gasteiger partial charge in [0.2, 0.25) is 0 Å². The number of carbonyl (C=O) groups is 2. The van der Waals surface area contributed by atoms with E-state index in [0.29, 0.717) is 24.7 Å². The molecule has 4 rings (SSSR count). The van der Waals surface area contributed by atoms with E-state index in [1.165, 1.54) is 10.9 Å². The number of piperidine rings is 1. The second-order valence-electron chi connectivity index (χ2n) is 6.32. The van der Waals surface area contributed by atoms with Crippen molar-refractivity contribution in [2.24, 2.45) is 0 Å². The lowest BCUT2D eigenvalue weighted by molar-refractivity contribution is 0.0657. The molecule has 0 aromatic carbocycles. The summed E-state index contributed by atoms with van der Waals surface area (Å²) >= 11 is 0. The van der Waals surface area contributed by atoms with Crippen molar-refractivity contribution in [1.29, 1.82) is 0 Å². The Kier molecular flexibility index (Phi) is 3.55. The number of nitrogens with zero attached hydrogens (tertiary/aromatic N) is 5. The number of carbonyl (C=O) groups excluding carboxylic acids is 1. The summed E-state index contributed by atoms with van der Waals surface area (Å²) in [5, 5.41) is 20.3. The zero-order valence-corrected chi connectivity index (χ0v) is 13.0. The highest BCUT2D eigenvalue weighted by molar-refractivity contribution is 5.92. The van der Waals surface area contributed by atoms with Crippen LogP contribution in [0.4, 0.5) is 0 Å². The Morgan fingerprint density at radius 2 is 2.08 bits per heavy atom. The molecule has 1 amide bonds. The van der Waals surface area contributed by atoms with Gasteiger partial charge in [-0.1, -0.05) is 10.4 Å². The molecule has 1 saturated carbocycles. The Balaban J connectivity index is 1.46. The third kappa shape index (κ3) is 2.77. The minimum Gasteiger partial charge on any atom is -0.476 e. The van der Waals surface area contributed by atoms with Crippen LogP contribution < -0.4 is 0 Å². The summed E-state index contributed by atoms with van der Waals surface area (Å²) in [6.07, 6.45) is 5.21. The number of amides is 1. The fraction of sp³-hybridized carbons (Fsp3) is 0.533. The lowest BCUT2D eigenvalue weighted by Crippen LogP contribution is -2.41. The molecule has 1 saturated heterocycles. The van der Waals surface area contributed by atoms with Gasteiger partial charge in [0, 0.05) is 25.1 Å². The molecule has 0 bridgehead atoms. The second-order valence-corrected chi connectivity index (χ2v) is 6.32. The van der Waals surface area contributed by atoms with Crippen LogP contribution >= 0.6 is 0 Å². The number of carboxylic acids is 1. The zero-order chi connectivity index (χ0) is 16.7. The van der Waals surface area contributed by atoms with Crippen LogP contribution in [0.1, 0.15) is 64.4 Å². The van der Waals surface area contributed by atoms with Gasteiger partial charge in [0.25, 0.3) is 5.91 Å². The number of aromatic carboxylic acids is 1. The summed E-state index contributed by atoms with van der Waals surface area (Å²) in [5.41, 5.74) is 0.242. The number of rotatable bonds is 4. The average Bonchev–Trinajstić information content (AvgIpc) is 3.13. The fourth-order valence-corrected chi connectivity index (χ4v) is 3.02. The van der Waals surface area contributed by atoms with Crippen molar-refractivity contribution in [2.75, 3.05) is 13.1 Å². The van der Waals surface area contributed by atoms with Crippen LogP contribution in [0, 0.1) is 0 Å². The number of hydrogen-bond acceptors (Lipinski definition) is 6. The number of hydrogen-bond donors (Lipinski definition) is 1. The Bertz CT molecular complexity index is 778. The van der Waals surface area contributed by atoms with Crippen LogP contribution in [0.3, 0.4) is 0 Å². The van der Waals surface area contributed by atoms with Crippen LogP contribution in [-0.4, -0.2) is 55.1 Å². The van der Waals surface area contributed by atoms with E-state index in [9.17, 15) is 9.59 Å². The number of aromatic nitrogens is 4. The van der Waals surface area contributed by atoms with E-state index in [2.05, 4.69) is 15.5 Å². The zero-order valence-electron chi connectivity index (χ0n) is 13.0. The van der Waals surface area contributed by atoms with E-state index < -0.39 is 5.97 Å². The molecule has 2 aromatic rings. The van der Waals surface area contributed by atoms with Crippen molar-refractivity contribution in [3.63, 3.8) is 0 Å². The molecule has 126 valence electrons. The van der Waals surface area contributed by atoms with E-state index in [1.807, 2.05) is 0 Å². The average molecular weight is 331 g/mol. The quantitative estimate of drug-likeness (QED) is 0.898. The molecule has 1 aliphatic heterocycles. The van der Waals surface area contributed by atoms with Crippen LogP contribution in [-0.2, 0) is 0 Å². The fourth-order valence-electron chi connectivity index (χ4n) is 3.02. The lowest BCUT2D eigenvalue weighted by Gasteiger charge is -2.31. The molecule has 0 spiro atoms. The molecule has 9 nitrogen and oxygen atoms in total. The van der Waals surface area contributed by atoms with E-state index in [0.717, 1.165) is 31.4 Å². The predicted molar refractivity (Wildman–Crippen MR) is 79.6 cm³/mol. The second kappa shape index (κ2) is 5.73. The monoisotopic (exact) mass is 331 g/mol. The molecule has 2 aromatic heterocycles. The normalized spacial score (nSPS) is 21.0. The van der Waals surface area contributed by atoms with E-state index in [-0.39, 0.29) is 17.6 Å². The van der Waals surface area contributed by atoms with Crippen LogP contribution in [0.5, 0.6) is 0 Å². The molecule has 2 fully saturated rings. The predicted octanol–water partition coefficient (Wildman–Crippen LogP) is 1.32.